The minimum Gasteiger partial charge on any atom is -0.479 e. The number of hydrogen-bond donors (Lipinski definition) is 0. The van der Waals surface area contributed by atoms with Crippen molar-refractivity contribution in [2.75, 3.05) is 0 Å². The summed E-state index contributed by atoms with van der Waals surface area (Å²) in [7, 11) is 0. The van der Waals surface area contributed by atoms with Gasteiger partial charge in [0.1, 0.15) is 11.9 Å². The first-order chi connectivity index (χ1) is 10.7. The fourth-order valence-corrected chi connectivity index (χ4v) is 3.48. The Bertz CT molecular complexity index is 517. The zero-order chi connectivity index (χ0) is 15.4. The van der Waals surface area contributed by atoms with Crippen molar-refractivity contribution in [2.24, 2.45) is 0 Å². The molecule has 3 heteroatoms. The maximum atomic E-state index is 12.2. The van der Waals surface area contributed by atoms with Gasteiger partial charge in [-0.05, 0) is 81.5 Å². The van der Waals surface area contributed by atoms with Crippen LogP contribution >= 0.6 is 0 Å². The molecule has 3 rings (SSSR count). The molecule has 2 aliphatic carbocycles. The Morgan fingerprint density at radius 2 is 1.77 bits per heavy atom. The summed E-state index contributed by atoms with van der Waals surface area (Å²) in [6.07, 6.45) is 9.94. The number of benzene rings is 1. The molecular formula is C19H26O3. The molecule has 0 amide bonds. The Balaban J connectivity index is 1.56. The van der Waals surface area contributed by atoms with Crippen LogP contribution in [0.3, 0.4) is 0 Å². The average Bonchev–Trinajstić information content (AvgIpc) is 2.55. The SMILES string of the molecule is CC(Oc1ccc2c(c1)CCCC2)C(=O)OC1CCCCC1. The minimum atomic E-state index is -0.538. The molecule has 1 aromatic rings. The molecule has 0 heterocycles. The van der Waals surface area contributed by atoms with E-state index in [1.807, 2.05) is 6.07 Å². The third-order valence-corrected chi connectivity index (χ3v) is 4.80. The zero-order valence-electron chi connectivity index (χ0n) is 13.5. The van der Waals surface area contributed by atoms with Crippen LogP contribution in [0.1, 0.15) is 63.0 Å². The van der Waals surface area contributed by atoms with E-state index in [9.17, 15) is 4.79 Å². The Labute approximate surface area is 133 Å². The van der Waals surface area contributed by atoms with Gasteiger partial charge in [0.05, 0.1) is 0 Å². The Morgan fingerprint density at radius 1 is 1.05 bits per heavy atom. The van der Waals surface area contributed by atoms with E-state index in [2.05, 4.69) is 12.1 Å². The first-order valence-electron chi connectivity index (χ1n) is 8.71. The molecule has 0 spiro atoms. The van der Waals surface area contributed by atoms with Crippen LogP contribution in [-0.2, 0) is 22.4 Å². The molecule has 1 aromatic carbocycles. The van der Waals surface area contributed by atoms with Crippen molar-refractivity contribution in [3.05, 3.63) is 29.3 Å². The molecule has 1 fully saturated rings. The van der Waals surface area contributed by atoms with Crippen molar-refractivity contribution in [1.29, 1.82) is 0 Å². The molecule has 1 saturated carbocycles. The highest BCUT2D eigenvalue weighted by atomic mass is 16.6. The quantitative estimate of drug-likeness (QED) is 0.782. The highest BCUT2D eigenvalue weighted by Gasteiger charge is 2.23. The molecule has 22 heavy (non-hydrogen) atoms. The van der Waals surface area contributed by atoms with Crippen LogP contribution in [0, 0.1) is 0 Å². The molecular weight excluding hydrogens is 276 g/mol. The van der Waals surface area contributed by atoms with E-state index in [0.717, 1.165) is 44.3 Å². The summed E-state index contributed by atoms with van der Waals surface area (Å²) < 4.78 is 11.4. The monoisotopic (exact) mass is 302 g/mol. The van der Waals surface area contributed by atoms with Crippen LogP contribution < -0.4 is 4.74 Å². The van der Waals surface area contributed by atoms with Gasteiger partial charge < -0.3 is 9.47 Å². The molecule has 0 saturated heterocycles. The van der Waals surface area contributed by atoms with Crippen LogP contribution in [0.25, 0.3) is 0 Å². The number of esters is 1. The van der Waals surface area contributed by atoms with Gasteiger partial charge in [-0.1, -0.05) is 12.5 Å². The molecule has 0 radical (unpaired) electrons. The van der Waals surface area contributed by atoms with Gasteiger partial charge in [-0.2, -0.15) is 0 Å². The molecule has 1 unspecified atom stereocenters. The summed E-state index contributed by atoms with van der Waals surface area (Å²) in [4.78, 5) is 12.2. The molecule has 0 N–H and O–H groups in total. The van der Waals surface area contributed by atoms with E-state index in [4.69, 9.17) is 9.47 Å². The van der Waals surface area contributed by atoms with Crippen molar-refractivity contribution in [1.82, 2.24) is 0 Å². The van der Waals surface area contributed by atoms with Gasteiger partial charge in [-0.15, -0.1) is 0 Å². The molecule has 3 nitrogen and oxygen atoms in total. The number of fused-ring (bicyclic) bond motifs is 1. The number of ether oxygens (including phenoxy) is 2. The first-order valence-corrected chi connectivity index (χ1v) is 8.71. The lowest BCUT2D eigenvalue weighted by Gasteiger charge is -2.24. The topological polar surface area (TPSA) is 35.5 Å². The Hall–Kier alpha value is -1.51. The van der Waals surface area contributed by atoms with E-state index in [1.54, 1.807) is 6.92 Å². The minimum absolute atomic E-state index is 0.0934. The average molecular weight is 302 g/mol. The van der Waals surface area contributed by atoms with Crippen LogP contribution in [0.5, 0.6) is 5.75 Å². The van der Waals surface area contributed by atoms with Crippen LogP contribution in [-0.4, -0.2) is 18.2 Å². The van der Waals surface area contributed by atoms with Gasteiger partial charge in [0, 0.05) is 0 Å². The smallest absolute Gasteiger partial charge is 0.347 e. The third kappa shape index (κ3) is 3.82. The van der Waals surface area contributed by atoms with Crippen molar-refractivity contribution in [2.45, 2.75) is 76.9 Å². The maximum Gasteiger partial charge on any atom is 0.347 e. The van der Waals surface area contributed by atoms with Crippen LogP contribution in [0.4, 0.5) is 0 Å². The largest absolute Gasteiger partial charge is 0.479 e. The van der Waals surface area contributed by atoms with Gasteiger partial charge >= 0.3 is 5.97 Å². The third-order valence-electron chi connectivity index (χ3n) is 4.80. The number of aryl methyl sites for hydroxylation is 2. The summed E-state index contributed by atoms with van der Waals surface area (Å²) in [5.41, 5.74) is 2.80. The van der Waals surface area contributed by atoms with Crippen molar-refractivity contribution in [3.8, 4) is 5.75 Å². The second-order valence-electron chi connectivity index (χ2n) is 6.59. The predicted molar refractivity (Wildman–Crippen MR) is 86.1 cm³/mol. The molecule has 1 atom stereocenters. The summed E-state index contributed by atoms with van der Waals surface area (Å²) in [6, 6.07) is 6.22. The summed E-state index contributed by atoms with van der Waals surface area (Å²) in [6.45, 7) is 1.78. The fraction of sp³-hybridized carbons (Fsp3) is 0.632. The van der Waals surface area contributed by atoms with Gasteiger partial charge in [0.2, 0.25) is 0 Å². The summed E-state index contributed by atoms with van der Waals surface area (Å²) in [5, 5.41) is 0. The highest BCUT2D eigenvalue weighted by molar-refractivity contribution is 5.74. The van der Waals surface area contributed by atoms with Gasteiger partial charge in [-0.3, -0.25) is 0 Å². The van der Waals surface area contributed by atoms with Crippen LogP contribution in [0.15, 0.2) is 18.2 Å². The summed E-state index contributed by atoms with van der Waals surface area (Å²) >= 11 is 0. The molecule has 0 bridgehead atoms. The van der Waals surface area contributed by atoms with E-state index < -0.39 is 6.10 Å². The first kappa shape index (κ1) is 15.4. The number of rotatable bonds is 4. The van der Waals surface area contributed by atoms with Crippen molar-refractivity contribution < 1.29 is 14.3 Å². The maximum absolute atomic E-state index is 12.2. The Morgan fingerprint density at radius 3 is 2.55 bits per heavy atom. The fourth-order valence-electron chi connectivity index (χ4n) is 3.48. The standard InChI is InChI=1S/C19H26O3/c1-14(19(20)22-17-9-3-2-4-10-17)21-18-12-11-15-7-5-6-8-16(15)13-18/h11-14,17H,2-10H2,1H3. The summed E-state index contributed by atoms with van der Waals surface area (Å²) in [5.74, 6) is 0.554. The normalized spacial score (nSPS) is 20.0. The van der Waals surface area contributed by atoms with E-state index >= 15 is 0 Å². The Kier molecular flexibility index (Phi) is 5.01. The van der Waals surface area contributed by atoms with Gasteiger partial charge in [0.25, 0.3) is 0 Å². The number of hydrogen-bond acceptors (Lipinski definition) is 3. The molecule has 120 valence electrons. The number of carbonyl (C=O) groups excluding carboxylic acids is 1. The molecule has 0 aliphatic heterocycles. The molecule has 2 aliphatic rings. The second-order valence-corrected chi connectivity index (χ2v) is 6.59. The zero-order valence-corrected chi connectivity index (χ0v) is 13.5. The number of carbonyl (C=O) groups is 1. The lowest BCUT2D eigenvalue weighted by Crippen LogP contribution is -2.31. The lowest BCUT2D eigenvalue weighted by molar-refractivity contribution is -0.158. The van der Waals surface area contributed by atoms with Crippen LogP contribution in [0.2, 0.25) is 0 Å². The highest BCUT2D eigenvalue weighted by Crippen LogP contribution is 2.26. The van der Waals surface area contributed by atoms with E-state index in [-0.39, 0.29) is 12.1 Å². The molecule has 0 aromatic heterocycles. The van der Waals surface area contributed by atoms with Gasteiger partial charge in [-0.25, -0.2) is 4.79 Å². The van der Waals surface area contributed by atoms with Crippen molar-refractivity contribution in [3.63, 3.8) is 0 Å². The predicted octanol–water partition coefficient (Wildman–Crippen LogP) is 4.21. The lowest BCUT2D eigenvalue weighted by atomic mass is 9.92. The van der Waals surface area contributed by atoms with Crippen molar-refractivity contribution >= 4 is 5.97 Å². The second kappa shape index (κ2) is 7.17. The van der Waals surface area contributed by atoms with E-state index in [0.29, 0.717) is 0 Å². The van der Waals surface area contributed by atoms with Gasteiger partial charge in [0.15, 0.2) is 6.10 Å². The van der Waals surface area contributed by atoms with E-state index in [1.165, 1.54) is 30.4 Å².